The molecule has 1 atom stereocenters. The molecule has 3 N–H and O–H groups in total. The van der Waals surface area contributed by atoms with Gasteiger partial charge in [-0.15, -0.1) is 31.6 Å². The van der Waals surface area contributed by atoms with E-state index in [1.54, 1.807) is 36.7 Å². The number of hydrogen-bond donors (Lipinski definition) is 2. The number of ether oxygens (including phenoxy) is 1. The van der Waals surface area contributed by atoms with Crippen LogP contribution >= 0.6 is 11.3 Å². The predicted molar refractivity (Wildman–Crippen MR) is 130 cm³/mol. The Labute approximate surface area is 213 Å². The number of fused-ring (bicyclic) bond motifs is 1. The van der Waals surface area contributed by atoms with Gasteiger partial charge < -0.3 is 25.5 Å². The molecule has 1 aromatic carbocycles. The van der Waals surface area contributed by atoms with Gasteiger partial charge in [0, 0.05) is 18.9 Å². The molecule has 0 spiro atoms. The largest absolute Gasteiger partial charge is 0.460 e. The zero-order valence-corrected chi connectivity index (χ0v) is 20.3. The van der Waals surface area contributed by atoms with Crippen LogP contribution in [0, 0.1) is 25.6 Å². The van der Waals surface area contributed by atoms with Crippen LogP contribution in [0.1, 0.15) is 24.0 Å². The summed E-state index contributed by atoms with van der Waals surface area (Å²) >= 11 is 1.40. The molecule has 2 heterocycles. The number of benzene rings is 1. The first-order valence-corrected chi connectivity index (χ1v) is 11.6. The standard InChI is InChI=1S/C22H23N5O9S/c1-22(12-35-26(30)31,13-36-27(32)33)21(29)34-11-14-2-4-15(5-3-14)17(9-23)20(28)25-19-8-16-6-7-24-10-18(16)37-19/h2-8,10,17H,9,11-13,23H2,1H3,(H,25,28)/t17-/m1/s1. The van der Waals surface area contributed by atoms with Crippen LogP contribution in [-0.4, -0.2) is 46.8 Å². The summed E-state index contributed by atoms with van der Waals surface area (Å²) in [5.74, 6) is -1.91. The lowest BCUT2D eigenvalue weighted by Gasteiger charge is -2.24. The van der Waals surface area contributed by atoms with E-state index in [1.807, 2.05) is 12.1 Å². The third-order valence-electron chi connectivity index (χ3n) is 5.34. The molecule has 1 amide bonds. The highest BCUT2D eigenvalue weighted by atomic mass is 32.1. The molecule has 3 rings (SSSR count). The van der Waals surface area contributed by atoms with Gasteiger partial charge in [0.05, 0.1) is 15.6 Å². The van der Waals surface area contributed by atoms with Gasteiger partial charge in [0.25, 0.3) is 10.2 Å². The highest BCUT2D eigenvalue weighted by molar-refractivity contribution is 7.22. The molecule has 0 aliphatic heterocycles. The summed E-state index contributed by atoms with van der Waals surface area (Å²) in [5, 5.41) is 23.3. The van der Waals surface area contributed by atoms with Gasteiger partial charge in [-0.05, 0) is 35.6 Å². The van der Waals surface area contributed by atoms with Gasteiger partial charge in [0.1, 0.15) is 25.2 Å². The van der Waals surface area contributed by atoms with Crippen molar-refractivity contribution >= 4 is 38.3 Å². The van der Waals surface area contributed by atoms with Crippen molar-refractivity contribution in [3.05, 3.63) is 80.1 Å². The van der Waals surface area contributed by atoms with E-state index >= 15 is 0 Å². The zero-order valence-electron chi connectivity index (χ0n) is 19.5. The number of nitrogens with two attached hydrogens (primary N) is 1. The first-order valence-electron chi connectivity index (χ1n) is 10.8. The molecule has 196 valence electrons. The van der Waals surface area contributed by atoms with Gasteiger partial charge in [-0.2, -0.15) is 0 Å². The van der Waals surface area contributed by atoms with Crippen LogP contribution in [0.5, 0.6) is 0 Å². The van der Waals surface area contributed by atoms with Crippen LogP contribution in [0.3, 0.4) is 0 Å². The lowest BCUT2D eigenvalue weighted by atomic mass is 9.93. The molecule has 0 aliphatic rings. The van der Waals surface area contributed by atoms with E-state index in [4.69, 9.17) is 10.5 Å². The van der Waals surface area contributed by atoms with E-state index in [2.05, 4.69) is 20.0 Å². The molecule has 2 aromatic heterocycles. The Morgan fingerprint density at radius 1 is 1.14 bits per heavy atom. The maximum Gasteiger partial charge on any atom is 0.316 e. The summed E-state index contributed by atoms with van der Waals surface area (Å²) in [6.07, 6.45) is 3.39. The van der Waals surface area contributed by atoms with Crippen molar-refractivity contribution in [1.82, 2.24) is 4.98 Å². The van der Waals surface area contributed by atoms with Crippen LogP contribution in [0.15, 0.2) is 48.8 Å². The first-order chi connectivity index (χ1) is 17.6. The van der Waals surface area contributed by atoms with Gasteiger partial charge in [0.2, 0.25) is 5.91 Å². The monoisotopic (exact) mass is 533 g/mol. The van der Waals surface area contributed by atoms with Crippen molar-refractivity contribution in [1.29, 1.82) is 0 Å². The van der Waals surface area contributed by atoms with Crippen molar-refractivity contribution in [2.24, 2.45) is 11.1 Å². The summed E-state index contributed by atoms with van der Waals surface area (Å²) in [6, 6.07) is 10.3. The molecule has 0 fully saturated rings. The predicted octanol–water partition coefficient (Wildman–Crippen LogP) is 2.44. The maximum atomic E-state index is 12.9. The lowest BCUT2D eigenvalue weighted by molar-refractivity contribution is -0.770. The number of rotatable bonds is 13. The summed E-state index contributed by atoms with van der Waals surface area (Å²) in [5.41, 5.74) is 5.24. The molecular formula is C22H23N5O9S. The molecule has 0 saturated carbocycles. The smallest absolute Gasteiger partial charge is 0.316 e. The molecule has 15 heteroatoms. The average Bonchev–Trinajstić information content (AvgIpc) is 3.28. The first kappa shape index (κ1) is 27.2. The Balaban J connectivity index is 1.62. The third-order valence-corrected chi connectivity index (χ3v) is 6.34. The van der Waals surface area contributed by atoms with Gasteiger partial charge in [-0.1, -0.05) is 24.3 Å². The number of esters is 1. The minimum absolute atomic E-state index is 0.0534. The van der Waals surface area contributed by atoms with E-state index in [0.717, 1.165) is 10.1 Å². The highest BCUT2D eigenvalue weighted by Crippen LogP contribution is 2.30. The van der Waals surface area contributed by atoms with Crippen molar-refractivity contribution in [3.63, 3.8) is 0 Å². The Morgan fingerprint density at radius 3 is 2.35 bits per heavy atom. The quantitative estimate of drug-likeness (QED) is 0.186. The van der Waals surface area contributed by atoms with Crippen molar-refractivity contribution in [2.75, 3.05) is 25.1 Å². The van der Waals surface area contributed by atoms with Crippen LogP contribution in [0.2, 0.25) is 0 Å². The lowest BCUT2D eigenvalue weighted by Crippen LogP contribution is -2.40. The molecule has 0 bridgehead atoms. The Bertz CT molecular complexity index is 1230. The normalized spacial score (nSPS) is 11.9. The fourth-order valence-corrected chi connectivity index (χ4v) is 4.20. The molecule has 14 nitrogen and oxygen atoms in total. The number of amides is 1. The number of nitrogens with one attached hydrogen (secondary N) is 1. The van der Waals surface area contributed by atoms with Gasteiger partial charge in [-0.3, -0.25) is 14.6 Å². The number of carbonyl (C=O) groups excluding carboxylic acids is 2. The summed E-state index contributed by atoms with van der Waals surface area (Å²) < 4.78 is 6.12. The summed E-state index contributed by atoms with van der Waals surface area (Å²) in [4.78, 5) is 58.9. The molecule has 0 radical (unpaired) electrons. The van der Waals surface area contributed by atoms with Crippen molar-refractivity contribution in [3.8, 4) is 0 Å². The van der Waals surface area contributed by atoms with Crippen LogP contribution in [0.4, 0.5) is 5.00 Å². The second-order valence-corrected chi connectivity index (χ2v) is 9.26. The number of hydrogen-bond acceptors (Lipinski definition) is 12. The minimum atomic E-state index is -1.80. The Morgan fingerprint density at radius 2 is 1.78 bits per heavy atom. The van der Waals surface area contributed by atoms with E-state index in [-0.39, 0.29) is 19.1 Å². The van der Waals surface area contributed by atoms with Crippen LogP contribution in [0.25, 0.3) is 10.1 Å². The molecular weight excluding hydrogens is 510 g/mol. The molecule has 0 saturated heterocycles. The number of thiophene rings is 1. The summed E-state index contributed by atoms with van der Waals surface area (Å²) in [6.45, 7) is -0.591. The molecule has 0 unspecified atom stereocenters. The molecule has 3 aromatic rings. The zero-order chi connectivity index (χ0) is 27.0. The van der Waals surface area contributed by atoms with E-state index in [9.17, 15) is 29.8 Å². The number of anilines is 1. The fraction of sp³-hybridized carbons (Fsp3) is 0.318. The molecule has 0 aliphatic carbocycles. The van der Waals surface area contributed by atoms with E-state index < -0.39 is 40.7 Å². The van der Waals surface area contributed by atoms with Crippen LogP contribution < -0.4 is 11.1 Å². The second kappa shape index (κ2) is 12.0. The van der Waals surface area contributed by atoms with Gasteiger partial charge in [0.15, 0.2) is 0 Å². The second-order valence-electron chi connectivity index (χ2n) is 8.17. The van der Waals surface area contributed by atoms with E-state index in [0.29, 0.717) is 16.1 Å². The maximum absolute atomic E-state index is 12.9. The van der Waals surface area contributed by atoms with Gasteiger partial charge >= 0.3 is 5.97 Å². The number of carbonyl (C=O) groups is 2. The topological polar surface area (TPSA) is 199 Å². The fourth-order valence-electron chi connectivity index (χ4n) is 3.27. The van der Waals surface area contributed by atoms with Crippen LogP contribution in [-0.2, 0) is 30.6 Å². The summed E-state index contributed by atoms with van der Waals surface area (Å²) in [7, 11) is 0. The Hall–Kier alpha value is -4.37. The highest BCUT2D eigenvalue weighted by Gasteiger charge is 2.38. The minimum Gasteiger partial charge on any atom is -0.460 e. The van der Waals surface area contributed by atoms with E-state index in [1.165, 1.54) is 18.3 Å². The Kier molecular flexibility index (Phi) is 8.86. The number of aromatic nitrogens is 1. The SMILES string of the molecule is CC(CO[N+](=O)[O-])(CO[N+](=O)[O-])C(=O)OCc1ccc([C@@H](CN)C(=O)Nc2cc3ccncc3s2)cc1. The van der Waals surface area contributed by atoms with Gasteiger partial charge in [-0.25, -0.2) is 0 Å². The third kappa shape index (κ3) is 7.31. The average molecular weight is 534 g/mol. The van der Waals surface area contributed by atoms with Crippen molar-refractivity contribution < 1.29 is 34.2 Å². The molecule has 37 heavy (non-hydrogen) atoms. The number of nitrogens with zero attached hydrogens (tertiary/aromatic N) is 3. The van der Waals surface area contributed by atoms with Crippen molar-refractivity contribution in [2.45, 2.75) is 19.4 Å². The number of pyridine rings is 1.